The third-order valence-electron chi connectivity index (χ3n) is 3.18. The number of hydrogen-bond acceptors (Lipinski definition) is 1. The Bertz CT molecular complexity index is 240. The zero-order chi connectivity index (χ0) is 11.3. The maximum Gasteiger partial charge on any atom is 0.00170 e. The van der Waals surface area contributed by atoms with Crippen LogP contribution in [0.15, 0.2) is 12.1 Å². The molecule has 0 spiro atoms. The van der Waals surface area contributed by atoms with E-state index in [2.05, 4.69) is 39.8 Å². The molecular formula is C15H28S. The maximum absolute atomic E-state index is 2.37. The molecule has 0 radical (unpaired) electrons. The molecule has 1 heteroatoms. The van der Waals surface area contributed by atoms with Crippen molar-refractivity contribution in [3.63, 3.8) is 0 Å². The average molecular weight is 240 g/mol. The highest BCUT2D eigenvalue weighted by Crippen LogP contribution is 2.27. The van der Waals surface area contributed by atoms with Gasteiger partial charge in [0.2, 0.25) is 0 Å². The summed E-state index contributed by atoms with van der Waals surface area (Å²) < 4.78 is 0. The van der Waals surface area contributed by atoms with Crippen LogP contribution in [0, 0.1) is 25.7 Å². The van der Waals surface area contributed by atoms with Crippen LogP contribution in [0.4, 0.5) is 0 Å². The number of thiophene rings is 1. The third kappa shape index (κ3) is 6.32. The Morgan fingerprint density at radius 3 is 1.38 bits per heavy atom. The van der Waals surface area contributed by atoms with Crippen LogP contribution in [0.25, 0.3) is 0 Å². The van der Waals surface area contributed by atoms with Crippen molar-refractivity contribution in [2.45, 2.75) is 60.8 Å². The van der Waals surface area contributed by atoms with Crippen LogP contribution in [0.3, 0.4) is 0 Å². The Hall–Kier alpha value is -0.300. The van der Waals surface area contributed by atoms with Gasteiger partial charge in [-0.1, -0.05) is 47.0 Å². The van der Waals surface area contributed by atoms with Crippen LogP contribution in [-0.2, 0) is 0 Å². The fourth-order valence-corrected chi connectivity index (χ4v) is 2.76. The van der Waals surface area contributed by atoms with E-state index < -0.39 is 0 Å². The normalized spacial score (nSPS) is 24.0. The highest BCUT2D eigenvalue weighted by atomic mass is 32.1. The predicted octanol–water partition coefficient (Wildman–Crippen LogP) is 5.83. The van der Waals surface area contributed by atoms with Gasteiger partial charge >= 0.3 is 0 Å². The van der Waals surface area contributed by atoms with E-state index in [0.717, 1.165) is 11.8 Å². The molecule has 1 fully saturated rings. The van der Waals surface area contributed by atoms with Crippen molar-refractivity contribution in [2.24, 2.45) is 11.8 Å². The zero-order valence-electron chi connectivity index (χ0n) is 10.5. The fraction of sp³-hybridized carbons (Fsp3) is 0.733. The lowest BCUT2D eigenvalue weighted by atomic mass is 9.84. The van der Waals surface area contributed by atoms with E-state index in [1.54, 1.807) is 0 Å². The van der Waals surface area contributed by atoms with Crippen LogP contribution in [-0.4, -0.2) is 0 Å². The molecule has 94 valence electrons. The summed E-state index contributed by atoms with van der Waals surface area (Å²) in [6, 6.07) is 4.28. The SMILES string of the molecule is C.CC1CCC(C)CC1.Cc1ccc(C)s1. The summed E-state index contributed by atoms with van der Waals surface area (Å²) in [5.41, 5.74) is 0. The lowest BCUT2D eigenvalue weighted by molar-refractivity contribution is 0.308. The number of rotatable bonds is 0. The molecule has 0 bridgehead atoms. The summed E-state index contributed by atoms with van der Waals surface area (Å²) in [4.78, 5) is 2.80. The Kier molecular flexibility index (Phi) is 7.74. The molecule has 1 heterocycles. The quantitative estimate of drug-likeness (QED) is 0.535. The molecule has 2 rings (SSSR count). The van der Waals surface area contributed by atoms with Crippen LogP contribution in [0.2, 0.25) is 0 Å². The van der Waals surface area contributed by atoms with Gasteiger partial charge in [0.25, 0.3) is 0 Å². The molecule has 1 aliphatic carbocycles. The molecule has 0 aliphatic heterocycles. The first-order valence-electron chi connectivity index (χ1n) is 6.11. The van der Waals surface area contributed by atoms with Crippen LogP contribution in [0.5, 0.6) is 0 Å². The smallest absolute Gasteiger partial charge is 0.00170 e. The van der Waals surface area contributed by atoms with Gasteiger partial charge in [-0.3, -0.25) is 0 Å². The standard InChI is InChI=1S/C8H16.C6H8S.CH4/c1-7-3-5-8(2)6-4-7;1-5-3-4-6(2)7-5;/h7-8H,3-6H2,1-2H3;3-4H,1-2H3;1H4. The van der Waals surface area contributed by atoms with Crippen LogP contribution in [0.1, 0.15) is 56.7 Å². The van der Waals surface area contributed by atoms with E-state index in [-0.39, 0.29) is 7.43 Å². The summed E-state index contributed by atoms with van der Waals surface area (Å²) in [6.45, 7) is 8.98. The Labute approximate surface area is 106 Å². The van der Waals surface area contributed by atoms with Gasteiger partial charge in [0.15, 0.2) is 0 Å². The second-order valence-corrected chi connectivity index (χ2v) is 6.51. The molecule has 1 aromatic rings. The van der Waals surface area contributed by atoms with Gasteiger partial charge in [0.05, 0.1) is 0 Å². The summed E-state index contributed by atoms with van der Waals surface area (Å²) in [5, 5.41) is 0. The van der Waals surface area contributed by atoms with Crippen molar-refractivity contribution in [2.75, 3.05) is 0 Å². The zero-order valence-corrected chi connectivity index (χ0v) is 11.4. The topological polar surface area (TPSA) is 0 Å². The van der Waals surface area contributed by atoms with Crippen molar-refractivity contribution >= 4 is 11.3 Å². The Morgan fingerprint density at radius 1 is 0.875 bits per heavy atom. The lowest BCUT2D eigenvalue weighted by Crippen LogP contribution is -2.08. The van der Waals surface area contributed by atoms with Gasteiger partial charge in [-0.25, -0.2) is 0 Å². The van der Waals surface area contributed by atoms with E-state index in [1.165, 1.54) is 35.4 Å². The molecule has 0 unspecified atom stereocenters. The predicted molar refractivity (Wildman–Crippen MR) is 77.3 cm³/mol. The van der Waals surface area contributed by atoms with Crippen molar-refractivity contribution in [3.8, 4) is 0 Å². The number of hydrogen-bond donors (Lipinski definition) is 0. The van der Waals surface area contributed by atoms with Crippen molar-refractivity contribution < 1.29 is 0 Å². The van der Waals surface area contributed by atoms with E-state index in [4.69, 9.17) is 0 Å². The molecule has 0 amide bonds. The first kappa shape index (κ1) is 15.7. The summed E-state index contributed by atoms with van der Waals surface area (Å²) in [5.74, 6) is 2.04. The molecule has 1 aromatic heterocycles. The number of aryl methyl sites for hydroxylation is 2. The van der Waals surface area contributed by atoms with Crippen molar-refractivity contribution in [1.82, 2.24) is 0 Å². The van der Waals surface area contributed by atoms with Gasteiger partial charge < -0.3 is 0 Å². The first-order chi connectivity index (χ1) is 7.08. The molecular weight excluding hydrogens is 212 g/mol. The maximum atomic E-state index is 2.37. The summed E-state index contributed by atoms with van der Waals surface area (Å²) >= 11 is 1.84. The van der Waals surface area contributed by atoms with Crippen molar-refractivity contribution in [3.05, 3.63) is 21.9 Å². The average Bonchev–Trinajstić information content (AvgIpc) is 2.56. The molecule has 0 atom stereocenters. The second-order valence-electron chi connectivity index (χ2n) is 5.02. The molecule has 0 N–H and O–H groups in total. The largest absolute Gasteiger partial charge is 0.146 e. The molecule has 0 saturated heterocycles. The molecule has 1 aliphatic rings. The van der Waals surface area contributed by atoms with Crippen LogP contribution >= 0.6 is 11.3 Å². The van der Waals surface area contributed by atoms with Crippen LogP contribution < -0.4 is 0 Å². The summed E-state index contributed by atoms with van der Waals surface area (Å²) in [6.07, 6.45) is 5.89. The van der Waals surface area contributed by atoms with Gasteiger partial charge in [-0.15, -0.1) is 11.3 Å². The monoisotopic (exact) mass is 240 g/mol. The Morgan fingerprint density at radius 2 is 1.19 bits per heavy atom. The first-order valence-corrected chi connectivity index (χ1v) is 6.92. The minimum Gasteiger partial charge on any atom is -0.146 e. The molecule has 0 nitrogen and oxygen atoms in total. The van der Waals surface area contributed by atoms with E-state index in [1.807, 2.05) is 11.3 Å². The van der Waals surface area contributed by atoms with Gasteiger partial charge in [0, 0.05) is 9.75 Å². The van der Waals surface area contributed by atoms with E-state index >= 15 is 0 Å². The third-order valence-corrected chi connectivity index (χ3v) is 4.10. The Balaban J connectivity index is 0.000000267. The van der Waals surface area contributed by atoms with Gasteiger partial charge in [0.1, 0.15) is 0 Å². The fourth-order valence-electron chi connectivity index (χ4n) is 1.98. The minimum atomic E-state index is 0. The molecule has 16 heavy (non-hydrogen) atoms. The van der Waals surface area contributed by atoms with Gasteiger partial charge in [-0.05, 0) is 37.8 Å². The summed E-state index contributed by atoms with van der Waals surface area (Å²) in [7, 11) is 0. The minimum absolute atomic E-state index is 0. The molecule has 1 saturated carbocycles. The highest BCUT2D eigenvalue weighted by molar-refractivity contribution is 7.11. The van der Waals surface area contributed by atoms with E-state index in [0.29, 0.717) is 0 Å². The van der Waals surface area contributed by atoms with Gasteiger partial charge in [-0.2, -0.15) is 0 Å². The van der Waals surface area contributed by atoms with E-state index in [9.17, 15) is 0 Å². The molecule has 0 aromatic carbocycles. The highest BCUT2D eigenvalue weighted by Gasteiger charge is 2.13. The second kappa shape index (κ2) is 7.89. The lowest BCUT2D eigenvalue weighted by Gasteiger charge is -2.22. The van der Waals surface area contributed by atoms with Crippen molar-refractivity contribution in [1.29, 1.82) is 0 Å².